The molecule has 1 N–H and O–H groups in total. The molecule has 0 aliphatic carbocycles. The molecule has 2 aromatic carbocycles. The number of hydrogen-bond acceptors (Lipinski definition) is 5. The molecular formula is C21H26N4O4S. The van der Waals surface area contributed by atoms with E-state index in [2.05, 4.69) is 5.32 Å². The Bertz CT molecular complexity index is 1060. The van der Waals surface area contributed by atoms with Crippen LogP contribution in [0.25, 0.3) is 10.8 Å². The van der Waals surface area contributed by atoms with Gasteiger partial charge in [0.1, 0.15) is 6.04 Å². The molecule has 0 radical (unpaired) electrons. The fraction of sp³-hybridized carbons (Fsp3) is 0.429. The maximum absolute atomic E-state index is 13.1. The van der Waals surface area contributed by atoms with Crippen LogP contribution in [-0.2, 0) is 14.8 Å². The topological polar surface area (TPSA) is 90.0 Å². The molecule has 1 unspecified atom stereocenters. The van der Waals surface area contributed by atoms with E-state index in [0.29, 0.717) is 32.6 Å². The molecule has 2 heterocycles. The van der Waals surface area contributed by atoms with Crippen LogP contribution in [0.3, 0.4) is 0 Å². The fourth-order valence-corrected chi connectivity index (χ4v) is 5.44. The number of sulfonamides is 1. The van der Waals surface area contributed by atoms with Gasteiger partial charge in [-0.2, -0.15) is 4.31 Å². The number of hydrogen-bond donors (Lipinski definition) is 1. The standard InChI is InChI=1S/C21H26N4O4S/c1-2-5-19-20(26)25(21(27)22-19)15-23-10-12-24(13-11-23)30(28,29)18-9-8-16-6-3-4-7-17(16)14-18/h3-4,6-9,14,19H,2,5,10-13,15H2,1H3,(H,22,27). The molecule has 30 heavy (non-hydrogen) atoms. The molecular weight excluding hydrogens is 404 g/mol. The summed E-state index contributed by atoms with van der Waals surface area (Å²) in [7, 11) is -3.59. The van der Waals surface area contributed by atoms with Gasteiger partial charge in [0, 0.05) is 26.2 Å². The van der Waals surface area contributed by atoms with E-state index in [0.717, 1.165) is 17.2 Å². The number of nitrogens with one attached hydrogen (secondary N) is 1. The maximum atomic E-state index is 13.1. The highest BCUT2D eigenvalue weighted by Crippen LogP contribution is 2.23. The lowest BCUT2D eigenvalue weighted by molar-refractivity contribution is -0.129. The third-order valence-electron chi connectivity index (χ3n) is 5.72. The minimum Gasteiger partial charge on any atom is -0.326 e. The molecule has 2 saturated heterocycles. The maximum Gasteiger partial charge on any atom is 0.325 e. The predicted molar refractivity (Wildman–Crippen MR) is 113 cm³/mol. The zero-order valence-electron chi connectivity index (χ0n) is 17.0. The van der Waals surface area contributed by atoms with E-state index in [4.69, 9.17) is 0 Å². The number of carbonyl (C=O) groups excluding carboxylic acids is 2. The third kappa shape index (κ3) is 3.92. The summed E-state index contributed by atoms with van der Waals surface area (Å²) in [6, 6.07) is 12.0. The number of urea groups is 1. The Morgan fingerprint density at radius 1 is 1.00 bits per heavy atom. The van der Waals surface area contributed by atoms with Crippen LogP contribution in [0.4, 0.5) is 4.79 Å². The van der Waals surface area contributed by atoms with Crippen molar-refractivity contribution < 1.29 is 18.0 Å². The Hall–Kier alpha value is -2.49. The first-order valence-corrected chi connectivity index (χ1v) is 11.7. The van der Waals surface area contributed by atoms with Crippen LogP contribution < -0.4 is 5.32 Å². The van der Waals surface area contributed by atoms with Crippen LogP contribution >= 0.6 is 0 Å². The Balaban J connectivity index is 1.40. The number of fused-ring (bicyclic) bond motifs is 1. The lowest BCUT2D eigenvalue weighted by atomic mass is 10.1. The molecule has 160 valence electrons. The van der Waals surface area contributed by atoms with Gasteiger partial charge in [-0.05, 0) is 29.3 Å². The van der Waals surface area contributed by atoms with Gasteiger partial charge in [-0.15, -0.1) is 0 Å². The highest BCUT2D eigenvalue weighted by molar-refractivity contribution is 7.89. The van der Waals surface area contributed by atoms with Crippen molar-refractivity contribution in [1.29, 1.82) is 0 Å². The van der Waals surface area contributed by atoms with Gasteiger partial charge in [0.15, 0.2) is 0 Å². The number of nitrogens with zero attached hydrogens (tertiary/aromatic N) is 3. The van der Waals surface area contributed by atoms with E-state index in [1.54, 1.807) is 12.1 Å². The summed E-state index contributed by atoms with van der Waals surface area (Å²) >= 11 is 0. The quantitative estimate of drug-likeness (QED) is 0.706. The first-order chi connectivity index (χ1) is 14.4. The van der Waals surface area contributed by atoms with E-state index in [-0.39, 0.29) is 23.5 Å². The molecule has 0 spiro atoms. The lowest BCUT2D eigenvalue weighted by Crippen LogP contribution is -2.52. The van der Waals surface area contributed by atoms with Crippen LogP contribution in [0.15, 0.2) is 47.4 Å². The lowest BCUT2D eigenvalue weighted by Gasteiger charge is -2.35. The molecule has 2 aromatic rings. The van der Waals surface area contributed by atoms with Crippen LogP contribution in [0.1, 0.15) is 19.8 Å². The Morgan fingerprint density at radius 3 is 2.40 bits per heavy atom. The Kier molecular flexibility index (Phi) is 5.77. The van der Waals surface area contributed by atoms with Crippen molar-refractivity contribution in [1.82, 2.24) is 19.4 Å². The van der Waals surface area contributed by atoms with Gasteiger partial charge in [-0.25, -0.2) is 18.1 Å². The highest BCUT2D eigenvalue weighted by atomic mass is 32.2. The fourth-order valence-electron chi connectivity index (χ4n) is 3.98. The van der Waals surface area contributed by atoms with Crippen molar-refractivity contribution in [2.45, 2.75) is 30.7 Å². The second kappa shape index (κ2) is 8.33. The van der Waals surface area contributed by atoms with Gasteiger partial charge in [0.05, 0.1) is 11.6 Å². The zero-order chi connectivity index (χ0) is 21.3. The molecule has 2 aliphatic heterocycles. The van der Waals surface area contributed by atoms with Crippen molar-refractivity contribution in [2.24, 2.45) is 0 Å². The van der Waals surface area contributed by atoms with Crippen molar-refractivity contribution >= 4 is 32.7 Å². The van der Waals surface area contributed by atoms with Crippen molar-refractivity contribution in [3.8, 4) is 0 Å². The second-order valence-electron chi connectivity index (χ2n) is 7.73. The van der Waals surface area contributed by atoms with Crippen LogP contribution in [0.2, 0.25) is 0 Å². The van der Waals surface area contributed by atoms with E-state index in [1.807, 2.05) is 42.2 Å². The summed E-state index contributed by atoms with van der Waals surface area (Å²) in [6.45, 7) is 3.71. The molecule has 2 fully saturated rings. The molecule has 0 bridgehead atoms. The van der Waals surface area contributed by atoms with Crippen molar-refractivity contribution in [3.63, 3.8) is 0 Å². The zero-order valence-corrected chi connectivity index (χ0v) is 17.8. The summed E-state index contributed by atoms with van der Waals surface area (Å²) in [5, 5.41) is 4.60. The largest absolute Gasteiger partial charge is 0.326 e. The number of benzene rings is 2. The molecule has 9 heteroatoms. The van der Waals surface area contributed by atoms with E-state index < -0.39 is 16.1 Å². The number of piperazine rings is 1. The van der Waals surface area contributed by atoms with Gasteiger partial charge in [0.25, 0.3) is 5.91 Å². The molecule has 8 nitrogen and oxygen atoms in total. The molecule has 3 amide bonds. The highest BCUT2D eigenvalue weighted by Gasteiger charge is 2.39. The molecule has 0 saturated carbocycles. The van der Waals surface area contributed by atoms with Gasteiger partial charge in [-0.1, -0.05) is 43.7 Å². The molecule has 2 aliphatic rings. The number of carbonyl (C=O) groups is 2. The average Bonchev–Trinajstić information content (AvgIpc) is 3.01. The van der Waals surface area contributed by atoms with E-state index in [1.165, 1.54) is 9.21 Å². The SMILES string of the molecule is CCCC1NC(=O)N(CN2CCN(S(=O)(=O)c3ccc4ccccc4c3)CC2)C1=O. The summed E-state index contributed by atoms with van der Waals surface area (Å²) in [5.41, 5.74) is 0. The number of rotatable bonds is 6. The van der Waals surface area contributed by atoms with E-state index >= 15 is 0 Å². The summed E-state index contributed by atoms with van der Waals surface area (Å²) in [5.74, 6) is -0.201. The van der Waals surface area contributed by atoms with Gasteiger partial charge < -0.3 is 5.32 Å². The predicted octanol–water partition coefficient (Wildman–Crippen LogP) is 1.82. The van der Waals surface area contributed by atoms with Crippen LogP contribution in [-0.4, -0.2) is 73.4 Å². The minimum absolute atomic E-state index is 0.189. The minimum atomic E-state index is -3.59. The summed E-state index contributed by atoms with van der Waals surface area (Å²) in [6.07, 6.45) is 1.44. The average molecular weight is 431 g/mol. The van der Waals surface area contributed by atoms with Gasteiger partial charge in [-0.3, -0.25) is 9.69 Å². The first-order valence-electron chi connectivity index (χ1n) is 10.2. The molecule has 1 atom stereocenters. The number of amides is 3. The normalized spacial score (nSPS) is 21.4. The van der Waals surface area contributed by atoms with Crippen molar-refractivity contribution in [3.05, 3.63) is 42.5 Å². The summed E-state index contributed by atoms with van der Waals surface area (Å²) < 4.78 is 27.6. The van der Waals surface area contributed by atoms with Gasteiger partial charge in [0.2, 0.25) is 10.0 Å². The first kappa shape index (κ1) is 20.8. The molecule has 4 rings (SSSR count). The third-order valence-corrected chi connectivity index (χ3v) is 7.61. The van der Waals surface area contributed by atoms with Crippen LogP contribution in [0, 0.1) is 0 Å². The van der Waals surface area contributed by atoms with Gasteiger partial charge >= 0.3 is 6.03 Å². The second-order valence-corrected chi connectivity index (χ2v) is 9.67. The smallest absolute Gasteiger partial charge is 0.325 e. The van der Waals surface area contributed by atoms with E-state index in [9.17, 15) is 18.0 Å². The molecule has 0 aromatic heterocycles. The van der Waals surface area contributed by atoms with Crippen molar-refractivity contribution in [2.75, 3.05) is 32.8 Å². The monoisotopic (exact) mass is 430 g/mol. The van der Waals surface area contributed by atoms with Crippen LogP contribution in [0.5, 0.6) is 0 Å². The Morgan fingerprint density at radius 2 is 1.70 bits per heavy atom. The Labute approximate surface area is 176 Å². The summed E-state index contributed by atoms with van der Waals surface area (Å²) in [4.78, 5) is 28.0. The number of imide groups is 1.